The van der Waals surface area contributed by atoms with E-state index in [1.54, 1.807) is 0 Å². The predicted octanol–water partition coefficient (Wildman–Crippen LogP) is 4.25. The summed E-state index contributed by atoms with van der Waals surface area (Å²) in [5.41, 5.74) is 1.36. The summed E-state index contributed by atoms with van der Waals surface area (Å²) in [6.07, 6.45) is 3.73. The van der Waals surface area contributed by atoms with Crippen molar-refractivity contribution in [2.45, 2.75) is 38.8 Å². The predicted molar refractivity (Wildman–Crippen MR) is 80.0 cm³/mol. The van der Waals surface area contributed by atoms with E-state index >= 15 is 0 Å². The van der Waals surface area contributed by atoms with Gasteiger partial charge in [0.15, 0.2) is 0 Å². The maximum atomic E-state index is 3.58. The Kier molecular flexibility index (Phi) is 5.43. The van der Waals surface area contributed by atoms with Gasteiger partial charge in [0.1, 0.15) is 0 Å². The van der Waals surface area contributed by atoms with Crippen LogP contribution in [0.25, 0.3) is 0 Å². The second-order valence-electron chi connectivity index (χ2n) is 4.74. The second kappa shape index (κ2) is 7.34. The third-order valence-corrected chi connectivity index (χ3v) is 4.07. The van der Waals surface area contributed by atoms with Crippen LogP contribution in [-0.4, -0.2) is 6.04 Å². The first-order valence-electron chi connectivity index (χ1n) is 6.64. The largest absolute Gasteiger partial charge is 0.310 e. The van der Waals surface area contributed by atoms with Gasteiger partial charge in [-0.25, -0.2) is 0 Å². The molecule has 0 bridgehead atoms. The van der Waals surface area contributed by atoms with E-state index in [-0.39, 0.29) is 0 Å². The molecule has 1 N–H and O–H groups in total. The van der Waals surface area contributed by atoms with Crippen LogP contribution in [0, 0.1) is 0 Å². The van der Waals surface area contributed by atoms with Crippen molar-refractivity contribution in [2.24, 2.45) is 0 Å². The molecule has 0 saturated heterocycles. The van der Waals surface area contributed by atoms with Crippen molar-refractivity contribution >= 4 is 11.3 Å². The zero-order valence-electron chi connectivity index (χ0n) is 10.9. The average Bonchev–Trinajstić information content (AvgIpc) is 2.91. The van der Waals surface area contributed by atoms with E-state index in [9.17, 15) is 0 Å². The summed E-state index contributed by atoms with van der Waals surface area (Å²) in [5, 5.41) is 5.74. The molecule has 1 aromatic carbocycles. The second-order valence-corrected chi connectivity index (χ2v) is 5.77. The van der Waals surface area contributed by atoms with Crippen molar-refractivity contribution in [3.63, 3.8) is 0 Å². The van der Waals surface area contributed by atoms with Gasteiger partial charge < -0.3 is 5.32 Å². The Balaban J connectivity index is 1.62. The van der Waals surface area contributed by atoms with E-state index in [2.05, 4.69) is 60.1 Å². The van der Waals surface area contributed by atoms with Gasteiger partial charge in [-0.05, 0) is 43.2 Å². The first kappa shape index (κ1) is 13.3. The maximum absolute atomic E-state index is 3.58. The Morgan fingerprint density at radius 3 is 2.67 bits per heavy atom. The van der Waals surface area contributed by atoms with E-state index in [0.29, 0.717) is 6.04 Å². The number of aryl methyl sites for hydroxylation is 1. The van der Waals surface area contributed by atoms with Crippen LogP contribution in [0.15, 0.2) is 47.8 Å². The molecule has 2 heteroatoms. The number of rotatable bonds is 7. The topological polar surface area (TPSA) is 12.0 Å². The molecule has 0 aliphatic rings. The lowest BCUT2D eigenvalue weighted by Gasteiger charge is -2.13. The molecule has 0 aliphatic carbocycles. The zero-order valence-corrected chi connectivity index (χ0v) is 11.7. The van der Waals surface area contributed by atoms with Crippen molar-refractivity contribution in [2.75, 3.05) is 0 Å². The number of hydrogen-bond donors (Lipinski definition) is 1. The molecule has 2 aromatic rings. The van der Waals surface area contributed by atoms with Crippen LogP contribution in [-0.2, 0) is 13.0 Å². The van der Waals surface area contributed by atoms with E-state index in [1.807, 2.05) is 11.3 Å². The molecule has 1 heterocycles. The molecule has 1 nitrogen and oxygen atoms in total. The molecule has 2 rings (SSSR count). The minimum absolute atomic E-state index is 0.588. The monoisotopic (exact) mass is 259 g/mol. The molecule has 1 unspecified atom stereocenters. The third kappa shape index (κ3) is 4.63. The lowest BCUT2D eigenvalue weighted by Crippen LogP contribution is -2.25. The molecular formula is C16H21NS. The molecule has 0 spiro atoms. The Hall–Kier alpha value is -1.12. The van der Waals surface area contributed by atoms with Crippen molar-refractivity contribution in [1.82, 2.24) is 5.32 Å². The summed E-state index contributed by atoms with van der Waals surface area (Å²) in [6, 6.07) is 15.6. The molecule has 0 amide bonds. The lowest BCUT2D eigenvalue weighted by atomic mass is 10.1. The Labute approximate surface area is 114 Å². The van der Waals surface area contributed by atoms with Gasteiger partial charge in [-0.15, -0.1) is 11.3 Å². The molecule has 0 fully saturated rings. The molecule has 1 atom stereocenters. The van der Waals surface area contributed by atoms with E-state index in [0.717, 1.165) is 6.54 Å². The van der Waals surface area contributed by atoms with Crippen LogP contribution < -0.4 is 5.32 Å². The number of thiophene rings is 1. The highest BCUT2D eigenvalue weighted by molar-refractivity contribution is 7.09. The minimum Gasteiger partial charge on any atom is -0.310 e. The van der Waals surface area contributed by atoms with Gasteiger partial charge in [-0.3, -0.25) is 0 Å². The normalized spacial score (nSPS) is 12.5. The first-order valence-corrected chi connectivity index (χ1v) is 7.52. The number of benzene rings is 1. The standard InChI is InChI=1S/C16H21NS/c1-14(7-5-10-16-11-6-12-18-16)17-13-15-8-3-2-4-9-15/h2-4,6,8-9,11-12,14,17H,5,7,10,13H2,1H3. The van der Waals surface area contributed by atoms with Gasteiger partial charge in [0.25, 0.3) is 0 Å². The van der Waals surface area contributed by atoms with Crippen LogP contribution >= 0.6 is 11.3 Å². The van der Waals surface area contributed by atoms with E-state index < -0.39 is 0 Å². The zero-order chi connectivity index (χ0) is 12.6. The molecule has 1 aromatic heterocycles. The molecule has 18 heavy (non-hydrogen) atoms. The third-order valence-electron chi connectivity index (χ3n) is 3.14. The average molecular weight is 259 g/mol. The lowest BCUT2D eigenvalue weighted by molar-refractivity contribution is 0.499. The smallest absolute Gasteiger partial charge is 0.0207 e. The molecule has 0 aliphatic heterocycles. The van der Waals surface area contributed by atoms with Gasteiger partial charge in [0, 0.05) is 17.5 Å². The van der Waals surface area contributed by atoms with Gasteiger partial charge in [0.05, 0.1) is 0 Å². The fourth-order valence-electron chi connectivity index (χ4n) is 2.03. The quantitative estimate of drug-likeness (QED) is 0.784. The summed E-state index contributed by atoms with van der Waals surface area (Å²) < 4.78 is 0. The van der Waals surface area contributed by atoms with Crippen molar-refractivity contribution < 1.29 is 0 Å². The van der Waals surface area contributed by atoms with Gasteiger partial charge in [-0.1, -0.05) is 36.4 Å². The highest BCUT2D eigenvalue weighted by Crippen LogP contribution is 2.12. The number of hydrogen-bond acceptors (Lipinski definition) is 2. The van der Waals surface area contributed by atoms with Gasteiger partial charge >= 0.3 is 0 Å². The van der Waals surface area contributed by atoms with E-state index in [4.69, 9.17) is 0 Å². The Morgan fingerprint density at radius 2 is 1.94 bits per heavy atom. The highest BCUT2D eigenvalue weighted by atomic mass is 32.1. The van der Waals surface area contributed by atoms with Crippen molar-refractivity contribution in [1.29, 1.82) is 0 Å². The molecular weight excluding hydrogens is 238 g/mol. The summed E-state index contributed by atoms with van der Waals surface area (Å²) in [4.78, 5) is 1.50. The van der Waals surface area contributed by atoms with Crippen LogP contribution in [0.1, 0.15) is 30.2 Å². The highest BCUT2D eigenvalue weighted by Gasteiger charge is 2.02. The van der Waals surface area contributed by atoms with Crippen molar-refractivity contribution in [3.8, 4) is 0 Å². The Bertz CT molecular complexity index is 422. The summed E-state index contributed by atoms with van der Waals surface area (Å²) in [7, 11) is 0. The molecule has 0 radical (unpaired) electrons. The summed E-state index contributed by atoms with van der Waals surface area (Å²) in [5.74, 6) is 0. The fraction of sp³-hybridized carbons (Fsp3) is 0.375. The fourth-order valence-corrected chi connectivity index (χ4v) is 2.78. The maximum Gasteiger partial charge on any atom is 0.0207 e. The number of nitrogens with one attached hydrogen (secondary N) is 1. The molecule has 96 valence electrons. The van der Waals surface area contributed by atoms with Crippen LogP contribution in [0.2, 0.25) is 0 Å². The van der Waals surface area contributed by atoms with Crippen LogP contribution in [0.5, 0.6) is 0 Å². The summed E-state index contributed by atoms with van der Waals surface area (Å²) in [6.45, 7) is 3.25. The Morgan fingerprint density at radius 1 is 1.11 bits per heavy atom. The van der Waals surface area contributed by atoms with Crippen LogP contribution in [0.3, 0.4) is 0 Å². The van der Waals surface area contributed by atoms with Crippen LogP contribution in [0.4, 0.5) is 0 Å². The minimum atomic E-state index is 0.588. The van der Waals surface area contributed by atoms with Gasteiger partial charge in [-0.2, -0.15) is 0 Å². The SMILES string of the molecule is CC(CCCc1cccs1)NCc1ccccc1. The summed E-state index contributed by atoms with van der Waals surface area (Å²) >= 11 is 1.86. The van der Waals surface area contributed by atoms with Gasteiger partial charge in [0.2, 0.25) is 0 Å². The first-order chi connectivity index (χ1) is 8.84. The molecule has 0 saturated carbocycles. The van der Waals surface area contributed by atoms with E-state index in [1.165, 1.54) is 29.7 Å². The van der Waals surface area contributed by atoms with Crippen molar-refractivity contribution in [3.05, 3.63) is 58.3 Å².